The molecule has 2 rings (SSSR count). The molecule has 0 atom stereocenters. The van der Waals surface area contributed by atoms with Gasteiger partial charge >= 0.3 is 0 Å². The van der Waals surface area contributed by atoms with E-state index in [-0.39, 0.29) is 17.3 Å². The van der Waals surface area contributed by atoms with Gasteiger partial charge in [0.15, 0.2) is 0 Å². The maximum Gasteiger partial charge on any atom is 0.270 e. The van der Waals surface area contributed by atoms with E-state index in [1.807, 2.05) is 13.0 Å². The van der Waals surface area contributed by atoms with Crippen molar-refractivity contribution in [2.24, 2.45) is 0 Å². The van der Waals surface area contributed by atoms with Gasteiger partial charge in [0.25, 0.3) is 5.91 Å². The highest BCUT2D eigenvalue weighted by atomic mass is 32.1. The van der Waals surface area contributed by atoms with E-state index in [0.29, 0.717) is 17.0 Å². The van der Waals surface area contributed by atoms with Gasteiger partial charge in [0, 0.05) is 0 Å². The summed E-state index contributed by atoms with van der Waals surface area (Å²) in [5, 5.41) is 21.4. The SMILES string of the molecule is CCc1nnsc1C(=O)Nc1[nH]ncc1C#N. The lowest BCUT2D eigenvalue weighted by Crippen LogP contribution is -2.13. The molecule has 0 fully saturated rings. The first-order valence-corrected chi connectivity index (χ1v) is 5.59. The summed E-state index contributed by atoms with van der Waals surface area (Å²) in [6, 6.07) is 1.92. The number of amides is 1. The minimum absolute atomic E-state index is 0.285. The van der Waals surface area contributed by atoms with Crippen LogP contribution in [-0.2, 0) is 6.42 Å². The van der Waals surface area contributed by atoms with Gasteiger partial charge in [0.1, 0.15) is 22.3 Å². The van der Waals surface area contributed by atoms with Crippen LogP contribution in [-0.4, -0.2) is 25.7 Å². The highest BCUT2D eigenvalue weighted by molar-refractivity contribution is 7.08. The first kappa shape index (κ1) is 11.2. The van der Waals surface area contributed by atoms with Gasteiger partial charge in [-0.3, -0.25) is 9.89 Å². The van der Waals surface area contributed by atoms with E-state index in [4.69, 9.17) is 5.26 Å². The van der Waals surface area contributed by atoms with Crippen LogP contribution in [0.3, 0.4) is 0 Å². The fourth-order valence-corrected chi connectivity index (χ4v) is 1.89. The topological polar surface area (TPSA) is 107 Å². The Morgan fingerprint density at radius 1 is 1.71 bits per heavy atom. The average Bonchev–Trinajstić information content (AvgIpc) is 2.96. The summed E-state index contributed by atoms with van der Waals surface area (Å²) in [5.74, 6) is -0.0504. The number of aromatic nitrogens is 4. The molecule has 2 N–H and O–H groups in total. The lowest BCUT2D eigenvalue weighted by molar-refractivity contribution is 0.102. The molecule has 2 aromatic rings. The second kappa shape index (κ2) is 4.71. The standard InChI is InChI=1S/C9H8N6OS/c1-2-6-7(17-15-13-6)9(16)12-8-5(3-10)4-11-14-8/h4H,2H2,1H3,(H2,11,12,14,16). The molecule has 0 saturated carbocycles. The van der Waals surface area contributed by atoms with Crippen LogP contribution in [0, 0.1) is 11.3 Å². The Kier molecular flexibility index (Phi) is 3.11. The normalized spacial score (nSPS) is 9.88. The largest absolute Gasteiger partial charge is 0.305 e. The number of nitrogens with zero attached hydrogens (tertiary/aromatic N) is 4. The highest BCUT2D eigenvalue weighted by Crippen LogP contribution is 2.15. The number of hydrogen-bond donors (Lipinski definition) is 2. The van der Waals surface area contributed by atoms with Crippen molar-refractivity contribution >= 4 is 23.3 Å². The molecule has 17 heavy (non-hydrogen) atoms. The van der Waals surface area contributed by atoms with E-state index < -0.39 is 0 Å². The Hall–Kier alpha value is -2.27. The number of H-pyrrole nitrogens is 1. The Labute approximate surface area is 101 Å². The van der Waals surface area contributed by atoms with Crippen molar-refractivity contribution in [3.05, 3.63) is 22.3 Å². The molecule has 0 aliphatic carbocycles. The van der Waals surface area contributed by atoms with Gasteiger partial charge in [-0.1, -0.05) is 11.4 Å². The summed E-state index contributed by atoms with van der Waals surface area (Å²) in [4.78, 5) is 12.3. The van der Waals surface area contributed by atoms with E-state index >= 15 is 0 Å². The van der Waals surface area contributed by atoms with Crippen molar-refractivity contribution in [2.75, 3.05) is 5.32 Å². The molecular weight excluding hydrogens is 240 g/mol. The van der Waals surface area contributed by atoms with Crippen molar-refractivity contribution in [1.29, 1.82) is 5.26 Å². The molecule has 0 aliphatic heterocycles. The minimum Gasteiger partial charge on any atom is -0.305 e. The molecule has 1 amide bonds. The van der Waals surface area contributed by atoms with Gasteiger partial charge in [0.2, 0.25) is 0 Å². The van der Waals surface area contributed by atoms with E-state index in [9.17, 15) is 4.79 Å². The van der Waals surface area contributed by atoms with E-state index in [0.717, 1.165) is 11.5 Å². The van der Waals surface area contributed by atoms with Gasteiger partial charge in [-0.05, 0) is 18.0 Å². The van der Waals surface area contributed by atoms with Crippen LogP contribution in [0.2, 0.25) is 0 Å². The predicted molar refractivity (Wildman–Crippen MR) is 60.5 cm³/mol. The molecule has 7 nitrogen and oxygen atoms in total. The molecule has 0 aromatic carbocycles. The average molecular weight is 248 g/mol. The number of carbonyl (C=O) groups excluding carboxylic acids is 1. The molecular formula is C9H8N6OS. The number of nitrogens with one attached hydrogen (secondary N) is 2. The smallest absolute Gasteiger partial charge is 0.270 e. The van der Waals surface area contributed by atoms with Crippen LogP contribution in [0.15, 0.2) is 6.20 Å². The van der Waals surface area contributed by atoms with E-state index in [2.05, 4.69) is 25.1 Å². The van der Waals surface area contributed by atoms with Gasteiger partial charge in [0.05, 0.1) is 11.9 Å². The minimum atomic E-state index is -0.336. The third kappa shape index (κ3) is 2.14. The summed E-state index contributed by atoms with van der Waals surface area (Å²) < 4.78 is 3.73. The van der Waals surface area contributed by atoms with Gasteiger partial charge in [-0.15, -0.1) is 5.10 Å². The van der Waals surface area contributed by atoms with Crippen molar-refractivity contribution in [1.82, 2.24) is 19.8 Å². The number of hydrogen-bond acceptors (Lipinski definition) is 6. The molecule has 0 spiro atoms. The Bertz CT molecular complexity index is 580. The van der Waals surface area contributed by atoms with Crippen LogP contribution in [0.5, 0.6) is 0 Å². The summed E-state index contributed by atoms with van der Waals surface area (Å²) >= 11 is 1.03. The first-order chi connectivity index (χ1) is 8.26. The van der Waals surface area contributed by atoms with Gasteiger partial charge in [-0.25, -0.2) is 0 Å². The fourth-order valence-electron chi connectivity index (χ4n) is 1.25. The van der Waals surface area contributed by atoms with Crippen LogP contribution >= 0.6 is 11.5 Å². The van der Waals surface area contributed by atoms with E-state index in [1.165, 1.54) is 6.20 Å². The maximum atomic E-state index is 11.9. The van der Waals surface area contributed by atoms with Crippen LogP contribution in [0.1, 0.15) is 27.9 Å². The molecule has 0 unspecified atom stereocenters. The Morgan fingerprint density at radius 3 is 3.24 bits per heavy atom. The van der Waals surface area contributed by atoms with Crippen molar-refractivity contribution in [2.45, 2.75) is 13.3 Å². The van der Waals surface area contributed by atoms with Crippen LogP contribution in [0.25, 0.3) is 0 Å². The summed E-state index contributed by atoms with van der Waals surface area (Å²) in [5.41, 5.74) is 0.930. The molecule has 0 bridgehead atoms. The quantitative estimate of drug-likeness (QED) is 0.840. The second-order valence-electron chi connectivity index (χ2n) is 3.13. The number of aryl methyl sites for hydroxylation is 1. The molecule has 2 aromatic heterocycles. The van der Waals surface area contributed by atoms with Crippen molar-refractivity contribution < 1.29 is 4.79 Å². The first-order valence-electron chi connectivity index (χ1n) is 4.82. The van der Waals surface area contributed by atoms with Crippen LogP contribution in [0.4, 0.5) is 5.82 Å². The summed E-state index contributed by atoms with van der Waals surface area (Å²) in [6.45, 7) is 1.89. The fraction of sp³-hybridized carbons (Fsp3) is 0.222. The number of nitriles is 1. The summed E-state index contributed by atoms with van der Waals surface area (Å²) in [6.07, 6.45) is 1.98. The van der Waals surface area contributed by atoms with Gasteiger partial charge < -0.3 is 5.32 Å². The van der Waals surface area contributed by atoms with Gasteiger partial charge in [-0.2, -0.15) is 10.4 Å². The molecule has 8 heteroatoms. The highest BCUT2D eigenvalue weighted by Gasteiger charge is 2.17. The number of aromatic amines is 1. The second-order valence-corrected chi connectivity index (χ2v) is 3.88. The van der Waals surface area contributed by atoms with Crippen LogP contribution < -0.4 is 5.32 Å². The van der Waals surface area contributed by atoms with Crippen molar-refractivity contribution in [3.63, 3.8) is 0 Å². The number of rotatable bonds is 3. The Balaban J connectivity index is 2.21. The molecule has 0 aliphatic rings. The molecule has 0 saturated heterocycles. The van der Waals surface area contributed by atoms with Crippen molar-refractivity contribution in [3.8, 4) is 6.07 Å². The maximum absolute atomic E-state index is 11.9. The number of anilines is 1. The van der Waals surface area contributed by atoms with E-state index in [1.54, 1.807) is 0 Å². The third-order valence-electron chi connectivity index (χ3n) is 2.10. The zero-order valence-corrected chi connectivity index (χ0v) is 9.71. The number of carbonyl (C=O) groups is 1. The Morgan fingerprint density at radius 2 is 2.53 bits per heavy atom. The molecule has 86 valence electrons. The third-order valence-corrected chi connectivity index (χ3v) is 2.86. The predicted octanol–water partition coefficient (Wildman–Crippen LogP) is 0.948. The molecule has 2 heterocycles. The zero-order chi connectivity index (χ0) is 12.3. The monoisotopic (exact) mass is 248 g/mol. The zero-order valence-electron chi connectivity index (χ0n) is 8.89. The lowest BCUT2D eigenvalue weighted by atomic mass is 10.3. The summed E-state index contributed by atoms with van der Waals surface area (Å²) in [7, 11) is 0. The molecule has 0 radical (unpaired) electrons. The lowest BCUT2D eigenvalue weighted by Gasteiger charge is -2.00.